The van der Waals surface area contributed by atoms with E-state index in [4.69, 9.17) is 16.3 Å². The molecule has 10 nitrogen and oxygen atoms in total. The van der Waals surface area contributed by atoms with E-state index in [1.807, 2.05) is 0 Å². The van der Waals surface area contributed by atoms with Crippen LogP contribution in [-0.2, 0) is 9.53 Å². The van der Waals surface area contributed by atoms with Crippen molar-refractivity contribution in [3.63, 3.8) is 0 Å². The maximum atomic E-state index is 12.2. The van der Waals surface area contributed by atoms with Crippen LogP contribution in [0.3, 0.4) is 0 Å². The minimum Gasteiger partial charge on any atom is -0.452 e. The molecular formula is C18H14ClN5O5. The van der Waals surface area contributed by atoms with Crippen molar-refractivity contribution in [2.45, 2.75) is 6.92 Å². The first kappa shape index (κ1) is 20.0. The largest absolute Gasteiger partial charge is 0.452 e. The van der Waals surface area contributed by atoms with Gasteiger partial charge in [-0.05, 0) is 31.2 Å². The first-order chi connectivity index (χ1) is 13.8. The number of nitro benzene ring substituents is 1. The van der Waals surface area contributed by atoms with Crippen LogP contribution in [0, 0.1) is 17.0 Å². The number of nitro groups is 1. The first-order valence-corrected chi connectivity index (χ1v) is 8.59. The maximum Gasteiger partial charge on any atom is 0.338 e. The predicted molar refractivity (Wildman–Crippen MR) is 103 cm³/mol. The zero-order valence-electron chi connectivity index (χ0n) is 15.0. The number of hydrogen-bond donors (Lipinski definition) is 1. The molecule has 0 unspecified atom stereocenters. The lowest BCUT2D eigenvalue weighted by Crippen LogP contribution is -2.22. The normalized spacial score (nSPS) is 10.4. The molecule has 0 aliphatic carbocycles. The minimum atomic E-state index is -0.856. The highest BCUT2D eigenvalue weighted by molar-refractivity contribution is 6.31. The number of carbonyl (C=O) groups excluding carboxylic acids is 2. The summed E-state index contributed by atoms with van der Waals surface area (Å²) < 4.78 is 6.39. The third-order valence-electron chi connectivity index (χ3n) is 3.87. The lowest BCUT2D eigenvalue weighted by Gasteiger charge is -2.11. The summed E-state index contributed by atoms with van der Waals surface area (Å²) >= 11 is 5.99. The molecule has 0 saturated carbocycles. The van der Waals surface area contributed by atoms with Crippen molar-refractivity contribution in [1.82, 2.24) is 14.8 Å². The molecule has 2 aromatic carbocycles. The highest BCUT2D eigenvalue weighted by atomic mass is 35.5. The molecule has 29 heavy (non-hydrogen) atoms. The highest BCUT2D eigenvalue weighted by Gasteiger charge is 2.17. The first-order valence-electron chi connectivity index (χ1n) is 8.21. The summed E-state index contributed by atoms with van der Waals surface area (Å²) in [6, 6.07) is 8.72. The van der Waals surface area contributed by atoms with E-state index >= 15 is 0 Å². The summed E-state index contributed by atoms with van der Waals surface area (Å²) in [5.74, 6) is -1.48. The van der Waals surface area contributed by atoms with Crippen molar-refractivity contribution in [2.75, 3.05) is 11.9 Å². The van der Waals surface area contributed by atoms with E-state index in [2.05, 4.69) is 15.4 Å². The number of nitrogens with zero attached hydrogens (tertiary/aromatic N) is 4. The van der Waals surface area contributed by atoms with Crippen LogP contribution in [0.1, 0.15) is 15.9 Å². The van der Waals surface area contributed by atoms with Crippen molar-refractivity contribution >= 4 is 34.9 Å². The Balaban J connectivity index is 1.68. The predicted octanol–water partition coefficient (Wildman–Crippen LogP) is 2.93. The summed E-state index contributed by atoms with van der Waals surface area (Å²) in [4.78, 5) is 38.6. The molecule has 0 aliphatic heterocycles. The second-order valence-corrected chi connectivity index (χ2v) is 6.32. The second-order valence-electron chi connectivity index (χ2n) is 5.88. The number of rotatable bonds is 6. The molecule has 1 N–H and O–H groups in total. The number of esters is 1. The molecule has 1 heterocycles. The smallest absolute Gasteiger partial charge is 0.338 e. The SMILES string of the molecule is Cc1ccc(C(=O)OCC(=O)Nc2cc(Cl)ccc2-n2cncn2)cc1[N+](=O)[O-]. The Bertz CT molecular complexity index is 1080. The number of aromatic nitrogens is 3. The molecule has 11 heteroatoms. The Morgan fingerprint density at radius 3 is 2.76 bits per heavy atom. The number of aryl methyl sites for hydroxylation is 1. The monoisotopic (exact) mass is 415 g/mol. The van der Waals surface area contributed by atoms with Crippen LogP contribution in [0.2, 0.25) is 5.02 Å². The van der Waals surface area contributed by atoms with Gasteiger partial charge in [0.1, 0.15) is 12.7 Å². The Kier molecular flexibility index (Phi) is 5.84. The minimum absolute atomic E-state index is 0.0267. The summed E-state index contributed by atoms with van der Waals surface area (Å²) in [6.45, 7) is 0.961. The number of nitrogens with one attached hydrogen (secondary N) is 1. The fourth-order valence-electron chi connectivity index (χ4n) is 2.47. The number of halogens is 1. The molecule has 0 bridgehead atoms. The van der Waals surface area contributed by atoms with Crippen molar-refractivity contribution in [1.29, 1.82) is 0 Å². The second kappa shape index (κ2) is 8.48. The molecule has 148 valence electrons. The quantitative estimate of drug-likeness (QED) is 0.372. The number of benzene rings is 2. The Morgan fingerprint density at radius 1 is 1.28 bits per heavy atom. The van der Waals surface area contributed by atoms with E-state index in [9.17, 15) is 19.7 Å². The number of ether oxygens (including phenoxy) is 1. The topological polar surface area (TPSA) is 129 Å². The molecule has 1 amide bonds. The van der Waals surface area contributed by atoms with Crippen molar-refractivity contribution < 1.29 is 19.2 Å². The fourth-order valence-corrected chi connectivity index (χ4v) is 2.65. The Labute approximate surface area is 169 Å². The maximum absolute atomic E-state index is 12.2. The van der Waals surface area contributed by atoms with E-state index in [-0.39, 0.29) is 11.3 Å². The molecule has 0 saturated heterocycles. The molecule has 0 aliphatic rings. The third-order valence-corrected chi connectivity index (χ3v) is 4.11. The van der Waals surface area contributed by atoms with Crippen molar-refractivity contribution in [3.05, 3.63) is 75.3 Å². The highest BCUT2D eigenvalue weighted by Crippen LogP contribution is 2.24. The van der Waals surface area contributed by atoms with Gasteiger partial charge in [-0.25, -0.2) is 14.5 Å². The van der Waals surface area contributed by atoms with Crippen LogP contribution >= 0.6 is 11.6 Å². The van der Waals surface area contributed by atoms with E-state index in [0.717, 1.165) is 6.07 Å². The van der Waals surface area contributed by atoms with Gasteiger partial charge in [-0.1, -0.05) is 17.7 Å². The summed E-state index contributed by atoms with van der Waals surface area (Å²) in [6.07, 6.45) is 2.78. The lowest BCUT2D eigenvalue weighted by atomic mass is 10.1. The van der Waals surface area contributed by atoms with Crippen LogP contribution in [-0.4, -0.2) is 38.2 Å². The van der Waals surface area contributed by atoms with Gasteiger partial charge >= 0.3 is 5.97 Å². The van der Waals surface area contributed by atoms with Gasteiger partial charge < -0.3 is 10.1 Å². The average molecular weight is 416 g/mol. The molecule has 0 atom stereocenters. The molecule has 0 fully saturated rings. The number of anilines is 1. The van der Waals surface area contributed by atoms with Crippen LogP contribution in [0.4, 0.5) is 11.4 Å². The molecule has 3 aromatic rings. The summed E-state index contributed by atoms with van der Waals surface area (Å²) in [7, 11) is 0. The number of carbonyl (C=O) groups is 2. The number of amides is 1. The number of hydrogen-bond acceptors (Lipinski definition) is 7. The molecular weight excluding hydrogens is 402 g/mol. The van der Waals surface area contributed by atoms with Crippen LogP contribution in [0.5, 0.6) is 0 Å². The zero-order valence-corrected chi connectivity index (χ0v) is 15.8. The van der Waals surface area contributed by atoms with Gasteiger partial charge in [0.05, 0.1) is 21.9 Å². The molecule has 3 rings (SSSR count). The van der Waals surface area contributed by atoms with Crippen LogP contribution < -0.4 is 5.32 Å². The van der Waals surface area contributed by atoms with Gasteiger partial charge in [-0.15, -0.1) is 0 Å². The standard InChI is InChI=1S/C18H14ClN5O5/c1-11-2-3-12(6-16(11)24(27)28)18(26)29-8-17(25)22-14-7-13(19)4-5-15(14)23-10-20-9-21-23/h2-7,9-10H,8H2,1H3,(H,22,25). The van der Waals surface area contributed by atoms with Gasteiger partial charge in [-0.3, -0.25) is 14.9 Å². The third kappa shape index (κ3) is 4.74. The van der Waals surface area contributed by atoms with Crippen molar-refractivity contribution in [3.8, 4) is 5.69 Å². The Morgan fingerprint density at radius 2 is 2.07 bits per heavy atom. The van der Waals surface area contributed by atoms with Gasteiger partial charge in [0.2, 0.25) is 0 Å². The van der Waals surface area contributed by atoms with E-state index in [1.165, 1.54) is 35.5 Å². The van der Waals surface area contributed by atoms with E-state index < -0.39 is 23.4 Å². The Hall–Kier alpha value is -3.79. The average Bonchev–Trinajstić information content (AvgIpc) is 3.21. The van der Waals surface area contributed by atoms with Crippen LogP contribution in [0.25, 0.3) is 5.69 Å². The van der Waals surface area contributed by atoms with Crippen LogP contribution in [0.15, 0.2) is 49.1 Å². The lowest BCUT2D eigenvalue weighted by molar-refractivity contribution is -0.385. The van der Waals surface area contributed by atoms with Gasteiger partial charge in [0, 0.05) is 16.7 Å². The van der Waals surface area contributed by atoms with Gasteiger partial charge in [0.25, 0.3) is 11.6 Å². The van der Waals surface area contributed by atoms with Crippen molar-refractivity contribution in [2.24, 2.45) is 0 Å². The zero-order chi connectivity index (χ0) is 21.0. The van der Waals surface area contributed by atoms with E-state index in [1.54, 1.807) is 19.1 Å². The van der Waals surface area contributed by atoms with Gasteiger partial charge in [-0.2, -0.15) is 5.10 Å². The van der Waals surface area contributed by atoms with E-state index in [0.29, 0.717) is 22.0 Å². The summed E-state index contributed by atoms with van der Waals surface area (Å²) in [5, 5.41) is 18.0. The molecule has 0 radical (unpaired) electrons. The molecule has 1 aromatic heterocycles. The fraction of sp³-hybridized carbons (Fsp3) is 0.111. The summed E-state index contributed by atoms with van der Waals surface area (Å²) in [5.41, 5.74) is 1.03. The molecule has 0 spiro atoms. The van der Waals surface area contributed by atoms with Gasteiger partial charge in [0.15, 0.2) is 6.61 Å².